The van der Waals surface area contributed by atoms with Gasteiger partial charge in [0.05, 0.1) is 10.6 Å². The minimum absolute atomic E-state index is 0.0984. The van der Waals surface area contributed by atoms with Gasteiger partial charge in [-0.2, -0.15) is 0 Å². The van der Waals surface area contributed by atoms with Crippen molar-refractivity contribution in [3.05, 3.63) is 39.6 Å². The van der Waals surface area contributed by atoms with Crippen LogP contribution < -0.4 is 9.70 Å². The number of rotatable bonds is 4. The Hall–Kier alpha value is -2.21. The van der Waals surface area contributed by atoms with Crippen LogP contribution >= 0.6 is 11.3 Å². The number of carbonyl (C=O) groups excluding carboxylic acids is 2. The number of hydrogen-bond acceptors (Lipinski definition) is 4. The Morgan fingerprint density at radius 1 is 1.24 bits per heavy atom. The van der Waals surface area contributed by atoms with Crippen LogP contribution in [0.1, 0.15) is 54.0 Å². The van der Waals surface area contributed by atoms with Crippen molar-refractivity contribution in [2.24, 2.45) is 4.99 Å². The number of Topliss-reactive ketones (excluding diaryl/α,β-unsaturated/α-hetero) is 1. The van der Waals surface area contributed by atoms with Crippen LogP contribution in [0.4, 0.5) is 11.4 Å². The molecule has 0 unspecified atom stereocenters. The maximum absolute atomic E-state index is 11.9. The molecule has 1 aromatic heterocycles. The lowest BCUT2D eigenvalue weighted by atomic mass is 10.2. The lowest BCUT2D eigenvalue weighted by Crippen LogP contribution is -2.23. The summed E-state index contributed by atoms with van der Waals surface area (Å²) in [6.45, 7) is 4.41. The van der Waals surface area contributed by atoms with Crippen LogP contribution in [0, 0.1) is 6.92 Å². The molecular formula is C19H21N3O2S. The molecule has 1 aromatic carbocycles. The van der Waals surface area contributed by atoms with E-state index in [0.29, 0.717) is 12.5 Å². The monoisotopic (exact) mass is 355 g/mol. The van der Waals surface area contributed by atoms with Crippen molar-refractivity contribution in [1.82, 2.24) is 4.57 Å². The number of aromatic nitrogens is 1. The second-order valence-corrected chi connectivity index (χ2v) is 7.71. The van der Waals surface area contributed by atoms with E-state index < -0.39 is 0 Å². The van der Waals surface area contributed by atoms with Crippen molar-refractivity contribution in [3.8, 4) is 0 Å². The molecule has 1 aliphatic carbocycles. The summed E-state index contributed by atoms with van der Waals surface area (Å²) in [4.78, 5) is 32.0. The third-order valence-electron chi connectivity index (χ3n) is 4.78. The van der Waals surface area contributed by atoms with Crippen LogP contribution in [0.25, 0.3) is 0 Å². The molecule has 0 radical (unpaired) electrons. The SMILES string of the molecule is CC(=O)c1s/c(=N/c2ccc(N3CCCC3=O)cc2)n(C2CC2)c1C. The fourth-order valence-corrected chi connectivity index (χ4v) is 4.48. The molecule has 5 nitrogen and oxygen atoms in total. The van der Waals surface area contributed by atoms with Gasteiger partial charge in [-0.05, 0) is 50.5 Å². The van der Waals surface area contributed by atoms with Crippen molar-refractivity contribution in [1.29, 1.82) is 0 Å². The number of thiazole rings is 1. The van der Waals surface area contributed by atoms with E-state index in [2.05, 4.69) is 4.57 Å². The number of carbonyl (C=O) groups is 2. The third-order valence-corrected chi connectivity index (χ3v) is 6.04. The molecule has 0 N–H and O–H groups in total. The first-order valence-corrected chi connectivity index (χ1v) is 9.54. The van der Waals surface area contributed by atoms with Gasteiger partial charge in [0.15, 0.2) is 10.6 Å². The normalized spacial score (nSPS) is 18.2. The van der Waals surface area contributed by atoms with Crippen molar-refractivity contribution in [2.75, 3.05) is 11.4 Å². The Kier molecular flexibility index (Phi) is 4.07. The Labute approximate surface area is 150 Å². The first-order chi connectivity index (χ1) is 12.0. The van der Waals surface area contributed by atoms with E-state index >= 15 is 0 Å². The molecule has 2 aliphatic rings. The highest BCUT2D eigenvalue weighted by Gasteiger charge is 2.28. The molecule has 1 amide bonds. The average Bonchev–Trinajstić information content (AvgIpc) is 3.24. The maximum atomic E-state index is 11.9. The van der Waals surface area contributed by atoms with E-state index in [4.69, 9.17) is 4.99 Å². The van der Waals surface area contributed by atoms with Gasteiger partial charge in [-0.1, -0.05) is 11.3 Å². The topological polar surface area (TPSA) is 54.7 Å². The molecular weight excluding hydrogens is 334 g/mol. The number of ketones is 1. The summed E-state index contributed by atoms with van der Waals surface area (Å²) in [5, 5.41) is 0. The van der Waals surface area contributed by atoms with E-state index in [1.54, 1.807) is 6.92 Å². The Morgan fingerprint density at radius 3 is 2.52 bits per heavy atom. The molecule has 2 heterocycles. The van der Waals surface area contributed by atoms with Crippen molar-refractivity contribution in [2.45, 2.75) is 45.6 Å². The summed E-state index contributed by atoms with van der Waals surface area (Å²) < 4.78 is 2.21. The van der Waals surface area contributed by atoms with E-state index in [0.717, 1.165) is 52.6 Å². The fraction of sp³-hybridized carbons (Fsp3) is 0.421. The van der Waals surface area contributed by atoms with Crippen LogP contribution in [0.5, 0.6) is 0 Å². The highest BCUT2D eigenvalue weighted by molar-refractivity contribution is 7.11. The third kappa shape index (κ3) is 3.06. The van der Waals surface area contributed by atoms with Gasteiger partial charge >= 0.3 is 0 Å². The number of benzene rings is 1. The summed E-state index contributed by atoms with van der Waals surface area (Å²) in [5.74, 6) is 0.289. The van der Waals surface area contributed by atoms with Crippen molar-refractivity contribution in [3.63, 3.8) is 0 Å². The highest BCUT2D eigenvalue weighted by atomic mass is 32.1. The minimum Gasteiger partial charge on any atom is -0.317 e. The summed E-state index contributed by atoms with van der Waals surface area (Å²) >= 11 is 1.47. The second-order valence-electron chi connectivity index (χ2n) is 6.73. The number of hydrogen-bond donors (Lipinski definition) is 0. The molecule has 1 saturated heterocycles. The number of amides is 1. The van der Waals surface area contributed by atoms with Gasteiger partial charge in [0.25, 0.3) is 0 Å². The predicted octanol–water partition coefficient (Wildman–Crippen LogP) is 3.75. The first-order valence-electron chi connectivity index (χ1n) is 8.72. The predicted molar refractivity (Wildman–Crippen MR) is 98.6 cm³/mol. The van der Waals surface area contributed by atoms with Gasteiger partial charge < -0.3 is 9.47 Å². The van der Waals surface area contributed by atoms with Crippen LogP contribution in [0.15, 0.2) is 29.3 Å². The van der Waals surface area contributed by atoms with E-state index in [1.807, 2.05) is 36.1 Å². The standard InChI is InChI=1S/C19H21N3O2S/c1-12-18(13(2)23)25-19(22(12)16-9-10-16)20-14-5-7-15(8-6-14)21-11-3-4-17(21)24/h5-8,16H,3-4,9-11H2,1-2H3/b20-19+. The zero-order chi connectivity index (χ0) is 17.6. The van der Waals surface area contributed by atoms with E-state index in [1.165, 1.54) is 11.3 Å². The quantitative estimate of drug-likeness (QED) is 0.784. The van der Waals surface area contributed by atoms with Gasteiger partial charge in [0.1, 0.15) is 0 Å². The van der Waals surface area contributed by atoms with Crippen molar-refractivity contribution >= 4 is 34.4 Å². The molecule has 130 valence electrons. The Balaban J connectivity index is 1.70. The van der Waals surface area contributed by atoms with E-state index in [-0.39, 0.29) is 11.7 Å². The van der Waals surface area contributed by atoms with Gasteiger partial charge in [-0.25, -0.2) is 4.99 Å². The van der Waals surface area contributed by atoms with Gasteiger partial charge in [0, 0.05) is 37.3 Å². The average molecular weight is 355 g/mol. The molecule has 0 spiro atoms. The van der Waals surface area contributed by atoms with Crippen LogP contribution in [-0.2, 0) is 4.79 Å². The number of nitrogens with zero attached hydrogens (tertiary/aromatic N) is 3. The fourth-order valence-electron chi connectivity index (χ4n) is 3.37. The molecule has 6 heteroatoms. The minimum atomic E-state index is 0.0984. The molecule has 0 atom stereocenters. The summed E-state index contributed by atoms with van der Waals surface area (Å²) in [5.41, 5.74) is 2.81. The molecule has 0 bridgehead atoms. The highest BCUT2D eigenvalue weighted by Crippen LogP contribution is 2.36. The molecule has 25 heavy (non-hydrogen) atoms. The lowest BCUT2D eigenvalue weighted by molar-refractivity contribution is -0.117. The molecule has 1 saturated carbocycles. The Bertz CT molecular complexity index is 904. The molecule has 4 rings (SSSR count). The largest absolute Gasteiger partial charge is 0.317 e. The second kappa shape index (κ2) is 6.26. The summed E-state index contributed by atoms with van der Waals surface area (Å²) in [7, 11) is 0. The summed E-state index contributed by atoms with van der Waals surface area (Å²) in [6.07, 6.45) is 3.86. The number of anilines is 1. The van der Waals surface area contributed by atoms with Crippen LogP contribution in [0.2, 0.25) is 0 Å². The first kappa shape index (κ1) is 16.3. The zero-order valence-corrected chi connectivity index (χ0v) is 15.3. The van der Waals surface area contributed by atoms with Crippen molar-refractivity contribution < 1.29 is 9.59 Å². The molecule has 2 fully saturated rings. The lowest BCUT2D eigenvalue weighted by Gasteiger charge is -2.15. The van der Waals surface area contributed by atoms with Gasteiger partial charge in [-0.15, -0.1) is 0 Å². The van der Waals surface area contributed by atoms with Crippen LogP contribution in [0.3, 0.4) is 0 Å². The molecule has 1 aliphatic heterocycles. The maximum Gasteiger partial charge on any atom is 0.227 e. The smallest absolute Gasteiger partial charge is 0.227 e. The Morgan fingerprint density at radius 2 is 1.96 bits per heavy atom. The van der Waals surface area contributed by atoms with Gasteiger partial charge in [0.2, 0.25) is 5.91 Å². The van der Waals surface area contributed by atoms with Gasteiger partial charge in [-0.3, -0.25) is 9.59 Å². The molecule has 2 aromatic rings. The zero-order valence-electron chi connectivity index (χ0n) is 14.5. The van der Waals surface area contributed by atoms with E-state index in [9.17, 15) is 9.59 Å². The van der Waals surface area contributed by atoms with Crippen LogP contribution in [-0.4, -0.2) is 22.8 Å². The summed E-state index contributed by atoms with van der Waals surface area (Å²) in [6, 6.07) is 8.28.